The molecule has 0 spiro atoms. The summed E-state index contributed by atoms with van der Waals surface area (Å²) in [5.74, 6) is 1.14. The van der Waals surface area contributed by atoms with Crippen molar-refractivity contribution in [3.8, 4) is 0 Å². The second kappa shape index (κ2) is 7.71. The molecule has 1 aromatic rings. The molecule has 4 aliphatic rings. The van der Waals surface area contributed by atoms with E-state index in [-0.39, 0.29) is 34.1 Å². The monoisotopic (exact) mass is 459 g/mol. The number of rotatable bonds is 2. The number of fused-ring (bicyclic) bond motifs is 5. The first kappa shape index (κ1) is 22.7. The molecule has 0 aromatic heterocycles. The molecule has 33 heavy (non-hydrogen) atoms. The number of hydrogen-bond acceptors (Lipinski definition) is 2. The maximum atomic E-state index is 13.4. The molecule has 1 amide bonds. The lowest BCUT2D eigenvalue weighted by molar-refractivity contribution is -0.137. The van der Waals surface area contributed by atoms with E-state index in [9.17, 15) is 22.8 Å². The highest BCUT2D eigenvalue weighted by molar-refractivity contribution is 5.94. The first-order valence-electron chi connectivity index (χ1n) is 12.2. The second-order valence-electron chi connectivity index (χ2n) is 11.2. The second-order valence-corrected chi connectivity index (χ2v) is 11.2. The molecule has 0 aliphatic heterocycles. The van der Waals surface area contributed by atoms with Crippen LogP contribution in [0.4, 0.5) is 18.9 Å². The van der Waals surface area contributed by atoms with Gasteiger partial charge in [-0.25, -0.2) is 0 Å². The Kier molecular flexibility index (Phi) is 5.30. The number of nitrogens with one attached hydrogen (secondary N) is 1. The SMILES string of the molecule is C[C@]12CC[C@H]3[C@@H](CCC4=CC(=O)CC[C@@]43C)[C@@H]1CC[C@@H]2C(=O)Nc1ccccc1C(F)(F)F. The minimum absolute atomic E-state index is 0.0736. The van der Waals surface area contributed by atoms with E-state index in [1.54, 1.807) is 0 Å². The number of amides is 1. The van der Waals surface area contributed by atoms with E-state index >= 15 is 0 Å². The van der Waals surface area contributed by atoms with Gasteiger partial charge >= 0.3 is 6.18 Å². The molecule has 5 rings (SSSR count). The third-order valence-corrected chi connectivity index (χ3v) is 9.77. The number of ketones is 1. The fourth-order valence-corrected chi connectivity index (χ4v) is 8.05. The van der Waals surface area contributed by atoms with Crippen LogP contribution < -0.4 is 5.32 Å². The summed E-state index contributed by atoms with van der Waals surface area (Å²) < 4.78 is 40.3. The Bertz CT molecular complexity index is 1010. The average molecular weight is 460 g/mol. The maximum Gasteiger partial charge on any atom is 0.418 e. The number of anilines is 1. The van der Waals surface area contributed by atoms with E-state index in [1.165, 1.54) is 23.8 Å². The molecule has 0 unspecified atom stereocenters. The molecule has 0 radical (unpaired) electrons. The van der Waals surface area contributed by atoms with Gasteiger partial charge in [-0.3, -0.25) is 9.59 Å². The Balaban J connectivity index is 1.37. The van der Waals surface area contributed by atoms with Crippen molar-refractivity contribution < 1.29 is 22.8 Å². The predicted molar refractivity (Wildman–Crippen MR) is 120 cm³/mol. The Morgan fingerprint density at radius 3 is 2.52 bits per heavy atom. The summed E-state index contributed by atoms with van der Waals surface area (Å²) in [7, 11) is 0. The minimum atomic E-state index is -4.51. The molecule has 6 heteroatoms. The van der Waals surface area contributed by atoms with E-state index in [4.69, 9.17) is 0 Å². The van der Waals surface area contributed by atoms with Crippen LogP contribution in [0.2, 0.25) is 0 Å². The lowest BCUT2D eigenvalue weighted by Gasteiger charge is -2.58. The van der Waals surface area contributed by atoms with Crippen molar-refractivity contribution in [2.24, 2.45) is 34.5 Å². The van der Waals surface area contributed by atoms with Crippen LogP contribution in [0, 0.1) is 34.5 Å². The van der Waals surface area contributed by atoms with Crippen LogP contribution in [0.15, 0.2) is 35.9 Å². The van der Waals surface area contributed by atoms with E-state index in [2.05, 4.69) is 19.2 Å². The summed E-state index contributed by atoms with van der Waals surface area (Å²) in [6.45, 7) is 4.52. The van der Waals surface area contributed by atoms with Crippen LogP contribution in [-0.4, -0.2) is 11.7 Å². The Hall–Kier alpha value is -2.11. The van der Waals surface area contributed by atoms with E-state index in [0.717, 1.165) is 51.0 Å². The highest BCUT2D eigenvalue weighted by Crippen LogP contribution is 2.66. The average Bonchev–Trinajstić information content (AvgIpc) is 3.11. The Labute approximate surface area is 193 Å². The third-order valence-electron chi connectivity index (χ3n) is 9.77. The highest BCUT2D eigenvalue weighted by atomic mass is 19.4. The van der Waals surface area contributed by atoms with Gasteiger partial charge in [-0.05, 0) is 91.7 Å². The summed E-state index contributed by atoms with van der Waals surface area (Å²) in [5, 5.41) is 2.64. The van der Waals surface area contributed by atoms with Gasteiger partial charge in [-0.1, -0.05) is 31.6 Å². The van der Waals surface area contributed by atoms with Crippen LogP contribution in [-0.2, 0) is 15.8 Å². The first-order valence-corrected chi connectivity index (χ1v) is 12.2. The van der Waals surface area contributed by atoms with Crippen molar-refractivity contribution in [1.29, 1.82) is 0 Å². The topological polar surface area (TPSA) is 46.2 Å². The van der Waals surface area contributed by atoms with Crippen molar-refractivity contribution in [2.75, 3.05) is 5.32 Å². The van der Waals surface area contributed by atoms with Crippen molar-refractivity contribution in [1.82, 2.24) is 0 Å². The predicted octanol–water partition coefficient (Wildman–Crippen LogP) is 6.79. The van der Waals surface area contributed by atoms with E-state index in [0.29, 0.717) is 24.2 Å². The zero-order valence-electron chi connectivity index (χ0n) is 19.3. The number of allylic oxidation sites excluding steroid dienone is 1. The first-order chi connectivity index (χ1) is 15.5. The van der Waals surface area contributed by atoms with Crippen molar-refractivity contribution in [3.63, 3.8) is 0 Å². The van der Waals surface area contributed by atoms with Crippen LogP contribution in [0.1, 0.15) is 70.8 Å². The van der Waals surface area contributed by atoms with Gasteiger partial charge in [-0.2, -0.15) is 13.2 Å². The number of benzene rings is 1. The number of para-hydroxylation sites is 1. The Morgan fingerprint density at radius 2 is 1.76 bits per heavy atom. The molecular weight excluding hydrogens is 427 g/mol. The van der Waals surface area contributed by atoms with Gasteiger partial charge in [0.15, 0.2) is 5.78 Å². The van der Waals surface area contributed by atoms with Gasteiger partial charge in [0, 0.05) is 12.3 Å². The molecule has 3 fully saturated rings. The molecule has 0 saturated heterocycles. The summed E-state index contributed by atoms with van der Waals surface area (Å²) in [4.78, 5) is 25.3. The van der Waals surface area contributed by atoms with Crippen molar-refractivity contribution in [2.45, 2.75) is 71.4 Å². The van der Waals surface area contributed by atoms with Crippen LogP contribution in [0.25, 0.3) is 0 Å². The lowest BCUT2D eigenvalue weighted by atomic mass is 9.47. The van der Waals surface area contributed by atoms with Gasteiger partial charge < -0.3 is 5.32 Å². The van der Waals surface area contributed by atoms with E-state index in [1.807, 2.05) is 6.08 Å². The molecule has 178 valence electrons. The Morgan fingerprint density at radius 1 is 1.00 bits per heavy atom. The number of hydrogen-bond donors (Lipinski definition) is 1. The fraction of sp³-hybridized carbons (Fsp3) is 0.630. The molecular formula is C27H32F3NO2. The smallest absolute Gasteiger partial charge is 0.325 e. The standard InChI is InChI=1S/C27H32F3NO2/c1-25-13-11-17(32)15-16(25)7-8-18-19-9-10-22(26(19,2)14-12-20(18)25)24(33)31-23-6-4-3-5-21(23)27(28,29)30/h3-6,15,18-20,22H,7-14H2,1-2H3,(H,31,33)/t18-,19-,20-,22+,25-,26-/m0/s1. The third kappa shape index (κ3) is 3.55. The molecule has 3 saturated carbocycles. The van der Waals surface area contributed by atoms with Gasteiger partial charge in [0.05, 0.1) is 11.3 Å². The number of alkyl halides is 3. The largest absolute Gasteiger partial charge is 0.418 e. The van der Waals surface area contributed by atoms with Gasteiger partial charge in [-0.15, -0.1) is 0 Å². The van der Waals surface area contributed by atoms with Gasteiger partial charge in [0.2, 0.25) is 5.91 Å². The fourth-order valence-electron chi connectivity index (χ4n) is 8.05. The normalized spacial score (nSPS) is 38.1. The maximum absolute atomic E-state index is 13.4. The number of carbonyl (C=O) groups is 2. The molecule has 1 aromatic carbocycles. The molecule has 6 atom stereocenters. The quantitative estimate of drug-likeness (QED) is 0.529. The molecule has 0 bridgehead atoms. The van der Waals surface area contributed by atoms with Crippen LogP contribution >= 0.6 is 0 Å². The zero-order chi connectivity index (χ0) is 23.6. The summed E-state index contributed by atoms with van der Waals surface area (Å²) in [6, 6.07) is 5.23. The summed E-state index contributed by atoms with van der Waals surface area (Å²) >= 11 is 0. The van der Waals surface area contributed by atoms with E-state index < -0.39 is 11.7 Å². The highest BCUT2D eigenvalue weighted by Gasteiger charge is 2.60. The van der Waals surface area contributed by atoms with Crippen molar-refractivity contribution >= 4 is 17.4 Å². The molecule has 4 aliphatic carbocycles. The summed E-state index contributed by atoms with van der Waals surface area (Å²) in [6.07, 6.45) is 4.53. The zero-order valence-corrected chi connectivity index (χ0v) is 19.3. The van der Waals surface area contributed by atoms with Crippen molar-refractivity contribution in [3.05, 3.63) is 41.5 Å². The lowest BCUT2D eigenvalue weighted by Crippen LogP contribution is -2.51. The molecule has 0 heterocycles. The van der Waals surface area contributed by atoms with Crippen LogP contribution in [0.3, 0.4) is 0 Å². The number of halogens is 3. The molecule has 1 N–H and O–H groups in total. The number of carbonyl (C=O) groups excluding carboxylic acids is 2. The van der Waals surface area contributed by atoms with Crippen LogP contribution in [0.5, 0.6) is 0 Å². The van der Waals surface area contributed by atoms with Gasteiger partial charge in [0.25, 0.3) is 0 Å². The van der Waals surface area contributed by atoms with Gasteiger partial charge in [0.1, 0.15) is 0 Å². The summed E-state index contributed by atoms with van der Waals surface area (Å²) in [5.41, 5.74) is 0.250. The molecule has 3 nitrogen and oxygen atoms in total. The minimum Gasteiger partial charge on any atom is -0.325 e.